The van der Waals surface area contributed by atoms with E-state index < -0.39 is 6.10 Å². The van der Waals surface area contributed by atoms with Gasteiger partial charge in [0.05, 0.1) is 6.10 Å². The average Bonchev–Trinajstić information content (AvgIpc) is 2.92. The van der Waals surface area contributed by atoms with Crippen LogP contribution in [-0.4, -0.2) is 11.7 Å². The lowest BCUT2D eigenvalue weighted by molar-refractivity contribution is 0.174. The topological polar surface area (TPSA) is 32.3 Å². The second-order valence-electron chi connectivity index (χ2n) is 5.10. The third kappa shape index (κ3) is 4.16. The average molecular weight is 275 g/mol. The highest BCUT2D eigenvalue weighted by molar-refractivity contribution is 7.07. The molecule has 102 valence electrons. The van der Waals surface area contributed by atoms with Crippen LogP contribution in [0.15, 0.2) is 41.1 Å². The molecule has 0 spiro atoms. The number of nitrogens with one attached hydrogen (secondary N) is 1. The van der Waals surface area contributed by atoms with Crippen molar-refractivity contribution < 1.29 is 5.11 Å². The van der Waals surface area contributed by atoms with Crippen molar-refractivity contribution in [2.75, 3.05) is 6.54 Å². The van der Waals surface area contributed by atoms with Crippen LogP contribution in [0, 0.1) is 0 Å². The van der Waals surface area contributed by atoms with E-state index in [-0.39, 0.29) is 0 Å². The van der Waals surface area contributed by atoms with E-state index >= 15 is 0 Å². The van der Waals surface area contributed by atoms with Gasteiger partial charge in [0.2, 0.25) is 0 Å². The molecule has 2 rings (SSSR count). The Labute approximate surface area is 119 Å². The van der Waals surface area contributed by atoms with E-state index in [9.17, 15) is 5.11 Å². The first-order valence-electron chi connectivity index (χ1n) is 6.66. The summed E-state index contributed by atoms with van der Waals surface area (Å²) in [6.45, 7) is 5.74. The summed E-state index contributed by atoms with van der Waals surface area (Å²) in [6, 6.07) is 10.3. The number of benzene rings is 1. The molecular weight excluding hydrogens is 254 g/mol. The van der Waals surface area contributed by atoms with Crippen molar-refractivity contribution in [3.05, 3.63) is 57.8 Å². The fourth-order valence-electron chi connectivity index (χ4n) is 1.97. The van der Waals surface area contributed by atoms with E-state index in [2.05, 4.69) is 48.1 Å². The molecule has 0 saturated heterocycles. The van der Waals surface area contributed by atoms with Crippen LogP contribution in [0.1, 0.15) is 42.6 Å². The van der Waals surface area contributed by atoms with Gasteiger partial charge in [0.1, 0.15) is 0 Å². The highest BCUT2D eigenvalue weighted by Gasteiger charge is 2.07. The Balaban J connectivity index is 1.83. The Morgan fingerprint density at radius 3 is 2.37 bits per heavy atom. The van der Waals surface area contributed by atoms with E-state index in [0.717, 1.165) is 12.1 Å². The van der Waals surface area contributed by atoms with Crippen LogP contribution in [-0.2, 0) is 6.54 Å². The Morgan fingerprint density at radius 1 is 1.11 bits per heavy atom. The van der Waals surface area contributed by atoms with Crippen LogP contribution in [0.3, 0.4) is 0 Å². The predicted octanol–water partition coefficient (Wildman–Crippen LogP) is 3.69. The smallest absolute Gasteiger partial charge is 0.0914 e. The number of aliphatic hydroxyl groups is 1. The summed E-state index contributed by atoms with van der Waals surface area (Å²) < 4.78 is 0. The Bertz CT molecular complexity index is 476. The van der Waals surface area contributed by atoms with Gasteiger partial charge in [-0.2, -0.15) is 11.3 Å². The molecule has 2 nitrogen and oxygen atoms in total. The molecule has 1 aromatic carbocycles. The van der Waals surface area contributed by atoms with Crippen molar-refractivity contribution in [3.8, 4) is 0 Å². The number of hydrogen-bond acceptors (Lipinski definition) is 3. The first-order valence-corrected chi connectivity index (χ1v) is 7.61. The lowest BCUT2D eigenvalue weighted by Gasteiger charge is -2.13. The Kier molecular flexibility index (Phi) is 5.14. The number of hydrogen-bond donors (Lipinski definition) is 2. The maximum atomic E-state index is 10.1. The van der Waals surface area contributed by atoms with Crippen LogP contribution in [0.2, 0.25) is 0 Å². The summed E-state index contributed by atoms with van der Waals surface area (Å²) in [5, 5.41) is 17.6. The fourth-order valence-corrected chi connectivity index (χ4v) is 2.64. The minimum Gasteiger partial charge on any atom is -0.387 e. The van der Waals surface area contributed by atoms with Crippen LogP contribution in [0.25, 0.3) is 0 Å². The van der Waals surface area contributed by atoms with Crippen LogP contribution in [0.5, 0.6) is 0 Å². The van der Waals surface area contributed by atoms with Crippen LogP contribution in [0.4, 0.5) is 0 Å². The standard InChI is InChI=1S/C16H21NOS/c1-12(2)14-3-5-15(6-4-14)16(18)10-17-9-13-7-8-19-11-13/h3-8,11-12,16-18H,9-10H2,1-2H3. The first-order chi connectivity index (χ1) is 9.16. The number of rotatable bonds is 6. The summed E-state index contributed by atoms with van der Waals surface area (Å²) in [6.07, 6.45) is -0.445. The summed E-state index contributed by atoms with van der Waals surface area (Å²) in [5.74, 6) is 0.530. The zero-order valence-corrected chi connectivity index (χ0v) is 12.3. The van der Waals surface area contributed by atoms with Gasteiger partial charge in [-0.05, 0) is 39.4 Å². The Hall–Kier alpha value is -1.16. The van der Waals surface area contributed by atoms with Crippen molar-refractivity contribution in [1.82, 2.24) is 5.32 Å². The second kappa shape index (κ2) is 6.85. The maximum Gasteiger partial charge on any atom is 0.0914 e. The van der Waals surface area contributed by atoms with Crippen molar-refractivity contribution in [2.45, 2.75) is 32.4 Å². The highest BCUT2D eigenvalue weighted by atomic mass is 32.1. The molecule has 19 heavy (non-hydrogen) atoms. The van der Waals surface area contributed by atoms with Crippen LogP contribution < -0.4 is 5.32 Å². The minimum atomic E-state index is -0.445. The molecular formula is C16H21NOS. The monoisotopic (exact) mass is 275 g/mol. The lowest BCUT2D eigenvalue weighted by atomic mass is 10.00. The second-order valence-corrected chi connectivity index (χ2v) is 5.88. The molecule has 0 aliphatic rings. The summed E-state index contributed by atoms with van der Waals surface area (Å²) >= 11 is 1.70. The van der Waals surface area contributed by atoms with E-state index in [1.165, 1.54) is 11.1 Å². The van der Waals surface area contributed by atoms with Gasteiger partial charge in [0.15, 0.2) is 0 Å². The van der Waals surface area contributed by atoms with Gasteiger partial charge in [-0.25, -0.2) is 0 Å². The molecule has 0 radical (unpaired) electrons. The summed E-state index contributed by atoms with van der Waals surface area (Å²) in [4.78, 5) is 0. The van der Waals surface area contributed by atoms with Gasteiger partial charge in [-0.3, -0.25) is 0 Å². The zero-order chi connectivity index (χ0) is 13.7. The van der Waals surface area contributed by atoms with Gasteiger partial charge in [-0.1, -0.05) is 38.1 Å². The van der Waals surface area contributed by atoms with E-state index in [4.69, 9.17) is 0 Å². The van der Waals surface area contributed by atoms with Crippen molar-refractivity contribution in [2.24, 2.45) is 0 Å². The molecule has 0 aliphatic carbocycles. The molecule has 0 aliphatic heterocycles. The van der Waals surface area contributed by atoms with Crippen molar-refractivity contribution in [1.29, 1.82) is 0 Å². The third-order valence-electron chi connectivity index (χ3n) is 3.23. The van der Waals surface area contributed by atoms with Crippen molar-refractivity contribution >= 4 is 11.3 Å². The largest absolute Gasteiger partial charge is 0.387 e. The molecule has 2 aromatic rings. The quantitative estimate of drug-likeness (QED) is 0.842. The zero-order valence-electron chi connectivity index (χ0n) is 11.5. The maximum absolute atomic E-state index is 10.1. The van der Waals surface area contributed by atoms with Gasteiger partial charge >= 0.3 is 0 Å². The summed E-state index contributed by atoms with van der Waals surface area (Å²) in [5.41, 5.74) is 3.55. The normalized spacial score (nSPS) is 12.8. The SMILES string of the molecule is CC(C)c1ccc(C(O)CNCc2ccsc2)cc1. The molecule has 1 atom stereocenters. The Morgan fingerprint density at radius 2 is 1.79 bits per heavy atom. The molecule has 2 N–H and O–H groups in total. The van der Waals surface area contributed by atoms with E-state index in [1.54, 1.807) is 11.3 Å². The lowest BCUT2D eigenvalue weighted by Crippen LogP contribution is -2.20. The van der Waals surface area contributed by atoms with Crippen LogP contribution >= 0.6 is 11.3 Å². The first kappa shape index (κ1) is 14.3. The van der Waals surface area contributed by atoms with Crippen molar-refractivity contribution in [3.63, 3.8) is 0 Å². The van der Waals surface area contributed by atoms with E-state index in [1.807, 2.05) is 12.1 Å². The number of thiophene rings is 1. The predicted molar refractivity (Wildman–Crippen MR) is 81.5 cm³/mol. The van der Waals surface area contributed by atoms with Gasteiger partial charge in [0, 0.05) is 13.1 Å². The molecule has 1 unspecified atom stereocenters. The van der Waals surface area contributed by atoms with Gasteiger partial charge in [-0.15, -0.1) is 0 Å². The minimum absolute atomic E-state index is 0.445. The van der Waals surface area contributed by atoms with Gasteiger partial charge in [0.25, 0.3) is 0 Å². The molecule has 0 saturated carbocycles. The molecule has 0 amide bonds. The fraction of sp³-hybridized carbons (Fsp3) is 0.375. The molecule has 0 fully saturated rings. The third-order valence-corrected chi connectivity index (χ3v) is 3.97. The molecule has 0 bridgehead atoms. The highest BCUT2D eigenvalue weighted by Crippen LogP contribution is 2.18. The van der Waals surface area contributed by atoms with E-state index in [0.29, 0.717) is 12.5 Å². The molecule has 1 heterocycles. The number of aliphatic hydroxyl groups excluding tert-OH is 1. The summed E-state index contributed by atoms with van der Waals surface area (Å²) in [7, 11) is 0. The molecule has 3 heteroatoms. The van der Waals surface area contributed by atoms with Gasteiger partial charge < -0.3 is 10.4 Å². The molecule has 1 aromatic heterocycles.